The molecule has 1 aromatic rings. The van der Waals surface area contributed by atoms with E-state index in [1.54, 1.807) is 0 Å². The molecule has 0 radical (unpaired) electrons. The zero-order valence-corrected chi connectivity index (χ0v) is 14.6. The van der Waals surface area contributed by atoms with E-state index in [9.17, 15) is 0 Å². The maximum atomic E-state index is 6.09. The molecule has 1 nitrogen and oxygen atoms in total. The lowest BCUT2D eigenvalue weighted by molar-refractivity contribution is 0.435. The molecule has 2 heterocycles. The van der Waals surface area contributed by atoms with Crippen molar-refractivity contribution in [1.82, 2.24) is 0 Å². The van der Waals surface area contributed by atoms with Crippen molar-refractivity contribution in [3.05, 3.63) is 57.1 Å². The minimum Gasteiger partial charge on any atom is -0.257 e. The van der Waals surface area contributed by atoms with Gasteiger partial charge < -0.3 is 0 Å². The minimum atomic E-state index is 0.264. The van der Waals surface area contributed by atoms with Crippen molar-refractivity contribution in [2.75, 3.05) is 5.75 Å². The molecule has 114 valence electrons. The summed E-state index contributed by atoms with van der Waals surface area (Å²) in [6.45, 7) is 4.67. The van der Waals surface area contributed by atoms with Gasteiger partial charge in [-0.2, -0.15) is 0 Å². The predicted molar refractivity (Wildman–Crippen MR) is 96.8 cm³/mol. The monoisotopic (exact) mass is 329 g/mol. The maximum absolute atomic E-state index is 6.09. The fourth-order valence-corrected chi connectivity index (χ4v) is 5.03. The molecule has 1 aromatic carbocycles. The highest BCUT2D eigenvalue weighted by Gasteiger charge is 2.37. The second-order valence-corrected chi connectivity index (χ2v) is 8.61. The molecule has 0 saturated carbocycles. The Labute approximate surface area is 141 Å². The second-order valence-electron chi connectivity index (χ2n) is 7.04. The van der Waals surface area contributed by atoms with Crippen LogP contribution in [0.2, 0.25) is 5.02 Å². The number of allylic oxidation sites excluding steroid dienone is 4. The number of nitrogens with zero attached hydrogens (tertiary/aromatic N) is 1. The van der Waals surface area contributed by atoms with Crippen molar-refractivity contribution >= 4 is 29.1 Å². The van der Waals surface area contributed by atoms with Crippen molar-refractivity contribution in [1.29, 1.82) is 0 Å². The zero-order valence-electron chi connectivity index (χ0n) is 13.0. The highest BCUT2D eigenvalue weighted by molar-refractivity contribution is 8.03. The number of hydrogen-bond acceptors (Lipinski definition) is 2. The van der Waals surface area contributed by atoms with Crippen molar-refractivity contribution in [2.45, 2.75) is 39.0 Å². The first-order chi connectivity index (χ1) is 10.5. The van der Waals surface area contributed by atoms with Crippen LogP contribution < -0.4 is 0 Å². The number of hydrogen-bond donors (Lipinski definition) is 0. The van der Waals surface area contributed by atoms with Crippen LogP contribution >= 0.6 is 23.4 Å². The Morgan fingerprint density at radius 1 is 1.18 bits per heavy atom. The Hall–Kier alpha value is -0.990. The summed E-state index contributed by atoms with van der Waals surface area (Å²) in [5.41, 5.74) is 5.70. The highest BCUT2D eigenvalue weighted by Crippen LogP contribution is 2.51. The Kier molecular flexibility index (Phi) is 3.50. The van der Waals surface area contributed by atoms with E-state index in [0.717, 1.165) is 17.9 Å². The first kappa shape index (κ1) is 14.6. The van der Waals surface area contributed by atoms with Crippen LogP contribution in [0.3, 0.4) is 0 Å². The van der Waals surface area contributed by atoms with Crippen molar-refractivity contribution in [3.8, 4) is 0 Å². The molecule has 1 atom stereocenters. The van der Waals surface area contributed by atoms with Gasteiger partial charge in [0.1, 0.15) is 0 Å². The fraction of sp³-hybridized carbons (Fsp3) is 0.421. The maximum Gasteiger partial charge on any atom is 0.0519 e. The molecule has 1 aliphatic carbocycles. The summed E-state index contributed by atoms with van der Waals surface area (Å²) in [5.74, 6) is 1.54. The molecule has 1 unspecified atom stereocenters. The molecule has 0 bridgehead atoms. The number of rotatable bonds is 1. The Bertz CT molecular complexity index is 709. The van der Waals surface area contributed by atoms with Gasteiger partial charge in [-0.3, -0.25) is 4.99 Å². The summed E-state index contributed by atoms with van der Waals surface area (Å²) in [5, 5.41) is 0.805. The van der Waals surface area contributed by atoms with E-state index in [-0.39, 0.29) is 5.41 Å². The van der Waals surface area contributed by atoms with E-state index < -0.39 is 0 Å². The third kappa shape index (κ3) is 2.47. The van der Waals surface area contributed by atoms with Crippen LogP contribution in [-0.4, -0.2) is 11.5 Å². The van der Waals surface area contributed by atoms with Gasteiger partial charge >= 0.3 is 0 Å². The van der Waals surface area contributed by atoms with Crippen LogP contribution in [0.5, 0.6) is 0 Å². The summed E-state index contributed by atoms with van der Waals surface area (Å²) in [7, 11) is 0. The third-order valence-corrected chi connectivity index (χ3v) is 6.26. The number of thioether (sulfide) groups is 1. The molecule has 2 aliphatic heterocycles. The quantitative estimate of drug-likeness (QED) is 0.618. The lowest BCUT2D eigenvalue weighted by atomic mass is 9.72. The molecule has 3 aliphatic rings. The summed E-state index contributed by atoms with van der Waals surface area (Å²) in [4.78, 5) is 6.47. The van der Waals surface area contributed by atoms with Crippen molar-refractivity contribution < 1.29 is 0 Å². The Morgan fingerprint density at radius 2 is 1.95 bits per heavy atom. The molecule has 0 amide bonds. The predicted octanol–water partition coefficient (Wildman–Crippen LogP) is 5.97. The topological polar surface area (TPSA) is 12.4 Å². The fourth-order valence-electron chi connectivity index (χ4n) is 3.65. The van der Waals surface area contributed by atoms with E-state index in [0.29, 0.717) is 5.92 Å². The number of halogens is 1. The smallest absolute Gasteiger partial charge is 0.0519 e. The van der Waals surface area contributed by atoms with Gasteiger partial charge in [-0.1, -0.05) is 43.7 Å². The average Bonchev–Trinajstić information content (AvgIpc) is 2.93. The Morgan fingerprint density at radius 3 is 2.73 bits per heavy atom. The normalized spacial score (nSPS) is 26.2. The SMILES string of the molecule is CC1(C)C=C2C(=NC3=C(SCC3)C2c2ccc(Cl)cc2)CC1. The van der Waals surface area contributed by atoms with Crippen molar-refractivity contribution in [3.63, 3.8) is 0 Å². The second kappa shape index (κ2) is 5.28. The Balaban J connectivity index is 1.87. The molecule has 0 aromatic heterocycles. The van der Waals surface area contributed by atoms with Gasteiger partial charge in [0.25, 0.3) is 0 Å². The molecule has 0 spiro atoms. The van der Waals surface area contributed by atoms with Gasteiger partial charge in [-0.25, -0.2) is 0 Å². The zero-order chi connectivity index (χ0) is 15.3. The van der Waals surface area contributed by atoms with Crippen LogP contribution in [0.15, 0.2) is 51.5 Å². The van der Waals surface area contributed by atoms with Crippen molar-refractivity contribution in [2.24, 2.45) is 10.4 Å². The van der Waals surface area contributed by atoms with E-state index in [1.807, 2.05) is 23.9 Å². The standard InChI is InChI=1S/C19H20ClNS/c1-19(2)9-7-15-14(11-19)17(12-3-5-13(20)6-4-12)18-16(21-15)8-10-22-18/h3-6,11,17H,7-10H2,1-2H3. The van der Waals surface area contributed by atoms with E-state index in [1.165, 1.54) is 39.6 Å². The number of fused-ring (bicyclic) bond motifs is 1. The van der Waals surface area contributed by atoms with E-state index in [2.05, 4.69) is 32.1 Å². The number of aliphatic imine (C=N–C) groups is 1. The molecule has 3 heteroatoms. The van der Waals surface area contributed by atoms with Crippen LogP contribution in [0.25, 0.3) is 0 Å². The lowest BCUT2D eigenvalue weighted by Gasteiger charge is -2.35. The molecule has 0 saturated heterocycles. The van der Waals surface area contributed by atoms with Gasteiger partial charge in [-0.15, -0.1) is 11.8 Å². The van der Waals surface area contributed by atoms with Gasteiger partial charge in [0.05, 0.1) is 5.70 Å². The third-order valence-electron chi connectivity index (χ3n) is 4.81. The molecular weight excluding hydrogens is 310 g/mol. The van der Waals surface area contributed by atoms with Gasteiger partial charge in [0, 0.05) is 27.3 Å². The van der Waals surface area contributed by atoms with E-state index >= 15 is 0 Å². The minimum absolute atomic E-state index is 0.264. The van der Waals surface area contributed by atoms with Crippen LogP contribution in [0, 0.1) is 5.41 Å². The molecule has 4 rings (SSSR count). The average molecular weight is 330 g/mol. The van der Waals surface area contributed by atoms with Crippen LogP contribution in [0.4, 0.5) is 0 Å². The summed E-state index contributed by atoms with van der Waals surface area (Å²) in [6, 6.07) is 8.39. The molecule has 0 N–H and O–H groups in total. The lowest BCUT2D eigenvalue weighted by Crippen LogP contribution is -2.26. The first-order valence-electron chi connectivity index (χ1n) is 7.95. The summed E-state index contributed by atoms with van der Waals surface area (Å²) >= 11 is 8.08. The molecule has 22 heavy (non-hydrogen) atoms. The van der Waals surface area contributed by atoms with Gasteiger partial charge in [0.2, 0.25) is 0 Å². The van der Waals surface area contributed by atoms with Crippen LogP contribution in [0.1, 0.15) is 44.6 Å². The van der Waals surface area contributed by atoms with Crippen LogP contribution in [-0.2, 0) is 0 Å². The summed E-state index contributed by atoms with van der Waals surface area (Å²) in [6.07, 6.45) is 5.88. The largest absolute Gasteiger partial charge is 0.257 e. The first-order valence-corrected chi connectivity index (χ1v) is 9.32. The van der Waals surface area contributed by atoms with E-state index in [4.69, 9.17) is 16.6 Å². The highest BCUT2D eigenvalue weighted by atomic mass is 35.5. The molecular formula is C19H20ClNS. The van der Waals surface area contributed by atoms with Gasteiger partial charge in [0.15, 0.2) is 0 Å². The molecule has 0 fully saturated rings. The van der Waals surface area contributed by atoms with Gasteiger partial charge in [-0.05, 0) is 47.9 Å². The number of benzene rings is 1. The summed E-state index contributed by atoms with van der Waals surface area (Å²) < 4.78 is 0.